The number of carbonyl (C=O) groups excluding carboxylic acids is 3. The zero-order chi connectivity index (χ0) is 29.4. The Morgan fingerprint density at radius 1 is 0.634 bits per heavy atom. The van der Waals surface area contributed by atoms with Gasteiger partial charge in [-0.2, -0.15) is 0 Å². The van der Waals surface area contributed by atoms with E-state index in [1.165, 1.54) is 54.6 Å². The van der Waals surface area contributed by atoms with E-state index < -0.39 is 21.7 Å². The summed E-state index contributed by atoms with van der Waals surface area (Å²) < 4.78 is 0. The van der Waals surface area contributed by atoms with Gasteiger partial charge in [0.2, 0.25) is 5.91 Å². The molecule has 12 nitrogen and oxygen atoms in total. The van der Waals surface area contributed by atoms with Crippen molar-refractivity contribution in [1.29, 1.82) is 0 Å². The highest BCUT2D eigenvalue weighted by Crippen LogP contribution is 2.16. The Labute approximate surface area is 234 Å². The van der Waals surface area contributed by atoms with E-state index in [1.807, 2.05) is 6.08 Å². The quantitative estimate of drug-likeness (QED) is 0.238. The van der Waals surface area contributed by atoms with Crippen LogP contribution in [0.25, 0.3) is 0 Å². The van der Waals surface area contributed by atoms with Crippen molar-refractivity contribution in [3.63, 3.8) is 0 Å². The predicted molar refractivity (Wildman–Crippen MR) is 149 cm³/mol. The summed E-state index contributed by atoms with van der Waals surface area (Å²) in [7, 11) is 0. The Bertz CT molecular complexity index is 1470. The molecule has 0 unspecified atom stereocenters. The predicted octanol–water partition coefficient (Wildman–Crippen LogP) is 3.87. The minimum Gasteiger partial charge on any atom is -0.348 e. The van der Waals surface area contributed by atoms with Crippen LogP contribution in [0, 0.1) is 20.2 Å². The van der Waals surface area contributed by atoms with Crippen molar-refractivity contribution in [3.8, 4) is 0 Å². The maximum atomic E-state index is 13.0. The molecule has 3 N–H and O–H groups in total. The van der Waals surface area contributed by atoms with Crippen molar-refractivity contribution >= 4 is 29.1 Å². The minimum atomic E-state index is -0.513. The van der Waals surface area contributed by atoms with Crippen molar-refractivity contribution in [1.82, 2.24) is 16.0 Å². The molecular formula is C29H25N5O7. The molecule has 1 aliphatic rings. The first-order valence-electron chi connectivity index (χ1n) is 12.5. The molecule has 3 aromatic carbocycles. The normalized spacial score (nSPS) is 11.9. The molecule has 0 aliphatic heterocycles. The third-order valence-corrected chi connectivity index (χ3v) is 6.23. The summed E-state index contributed by atoms with van der Waals surface area (Å²) in [6.45, 7) is 0.267. The number of nitrogens with one attached hydrogen (secondary N) is 3. The Hall–Kier alpha value is -5.65. The SMILES string of the molecule is O=C(NCc1cc(C(=O)NCc2ccc([N+](=O)[O-])cc2)cc(C(=O)NCc2ccc([N+](=O)[O-])cc2)c1)C1=CC=CC1. The first kappa shape index (κ1) is 28.4. The fourth-order valence-electron chi connectivity index (χ4n) is 4.01. The monoisotopic (exact) mass is 555 g/mol. The number of rotatable bonds is 11. The molecule has 0 fully saturated rings. The molecular weight excluding hydrogens is 530 g/mol. The Balaban J connectivity index is 1.48. The van der Waals surface area contributed by atoms with E-state index in [9.17, 15) is 34.6 Å². The second-order valence-corrected chi connectivity index (χ2v) is 9.14. The van der Waals surface area contributed by atoms with Gasteiger partial charge in [-0.15, -0.1) is 0 Å². The van der Waals surface area contributed by atoms with Crippen LogP contribution in [-0.2, 0) is 24.4 Å². The van der Waals surface area contributed by atoms with Gasteiger partial charge in [-0.25, -0.2) is 0 Å². The summed E-state index contributed by atoms with van der Waals surface area (Å²) in [4.78, 5) is 59.2. The van der Waals surface area contributed by atoms with Gasteiger partial charge in [-0.05, 0) is 41.3 Å². The van der Waals surface area contributed by atoms with Crippen LogP contribution < -0.4 is 16.0 Å². The van der Waals surface area contributed by atoms with Crippen molar-refractivity contribution in [2.24, 2.45) is 0 Å². The highest BCUT2D eigenvalue weighted by molar-refractivity contribution is 6.00. The molecule has 4 rings (SSSR count). The van der Waals surface area contributed by atoms with Crippen LogP contribution >= 0.6 is 0 Å². The second kappa shape index (κ2) is 12.9. The average molecular weight is 556 g/mol. The van der Waals surface area contributed by atoms with Crippen LogP contribution in [0.15, 0.2) is 90.5 Å². The third kappa shape index (κ3) is 7.69. The minimum absolute atomic E-state index is 0.0663. The molecule has 0 atom stereocenters. The average Bonchev–Trinajstić information content (AvgIpc) is 3.53. The molecule has 208 valence electrons. The molecule has 0 spiro atoms. The van der Waals surface area contributed by atoms with E-state index in [0.29, 0.717) is 28.7 Å². The molecule has 3 aromatic rings. The van der Waals surface area contributed by atoms with Gasteiger partial charge in [-0.1, -0.05) is 42.5 Å². The molecule has 0 heterocycles. The van der Waals surface area contributed by atoms with Gasteiger partial charge in [-0.3, -0.25) is 34.6 Å². The van der Waals surface area contributed by atoms with Crippen molar-refractivity contribution in [2.45, 2.75) is 26.1 Å². The van der Waals surface area contributed by atoms with Crippen LogP contribution in [0.5, 0.6) is 0 Å². The largest absolute Gasteiger partial charge is 0.348 e. The molecule has 0 saturated carbocycles. The van der Waals surface area contributed by atoms with Gasteiger partial charge in [0.25, 0.3) is 23.2 Å². The summed E-state index contributed by atoms with van der Waals surface area (Å²) in [5.74, 6) is -1.22. The van der Waals surface area contributed by atoms with Crippen molar-refractivity contribution in [3.05, 3.63) is 139 Å². The number of carbonyl (C=O) groups is 3. The number of hydrogen-bond acceptors (Lipinski definition) is 7. The first-order chi connectivity index (χ1) is 19.7. The lowest BCUT2D eigenvalue weighted by atomic mass is 10.0. The van der Waals surface area contributed by atoms with Crippen LogP contribution in [0.3, 0.4) is 0 Å². The lowest BCUT2D eigenvalue weighted by Gasteiger charge is -2.12. The number of nitrogens with zero attached hydrogens (tertiary/aromatic N) is 2. The lowest BCUT2D eigenvalue weighted by Crippen LogP contribution is -2.27. The van der Waals surface area contributed by atoms with Crippen LogP contribution in [-0.4, -0.2) is 27.6 Å². The lowest BCUT2D eigenvalue weighted by molar-refractivity contribution is -0.385. The molecule has 0 radical (unpaired) electrons. The molecule has 0 aromatic heterocycles. The van der Waals surface area contributed by atoms with Crippen LogP contribution in [0.1, 0.15) is 43.8 Å². The molecule has 41 heavy (non-hydrogen) atoms. The standard InChI is InChI=1S/C29H25N5O7/c35-27(22-3-1-2-4-22)32-18-21-13-23(28(36)30-16-19-5-9-25(10-6-19)33(38)39)15-24(14-21)29(37)31-17-20-7-11-26(12-8-20)34(40)41/h1-3,5-15H,4,16-18H2,(H,30,36)(H,31,37)(H,32,35). The number of benzene rings is 3. The molecule has 3 amide bonds. The summed E-state index contributed by atoms with van der Waals surface area (Å²) in [5, 5.41) is 30.0. The third-order valence-electron chi connectivity index (χ3n) is 6.23. The van der Waals surface area contributed by atoms with Gasteiger partial charge < -0.3 is 16.0 Å². The topological polar surface area (TPSA) is 174 Å². The van der Waals surface area contributed by atoms with E-state index in [-0.39, 0.29) is 48.0 Å². The Morgan fingerprint density at radius 2 is 1.07 bits per heavy atom. The number of non-ortho nitro benzene ring substituents is 2. The van der Waals surface area contributed by atoms with E-state index >= 15 is 0 Å². The smallest absolute Gasteiger partial charge is 0.269 e. The Morgan fingerprint density at radius 3 is 1.49 bits per heavy atom. The van der Waals surface area contributed by atoms with E-state index in [4.69, 9.17) is 0 Å². The zero-order valence-corrected chi connectivity index (χ0v) is 21.7. The summed E-state index contributed by atoms with van der Waals surface area (Å²) in [5.41, 5.74) is 2.64. The van der Waals surface area contributed by atoms with Gasteiger partial charge in [0, 0.05) is 60.6 Å². The zero-order valence-electron chi connectivity index (χ0n) is 21.7. The molecule has 12 heteroatoms. The van der Waals surface area contributed by atoms with Gasteiger partial charge in [0.1, 0.15) is 0 Å². The number of allylic oxidation sites excluding steroid dienone is 3. The summed E-state index contributed by atoms with van der Waals surface area (Å²) >= 11 is 0. The summed E-state index contributed by atoms with van der Waals surface area (Å²) in [6, 6.07) is 16.1. The fraction of sp³-hybridized carbons (Fsp3) is 0.138. The van der Waals surface area contributed by atoms with Crippen LogP contribution in [0.4, 0.5) is 11.4 Å². The van der Waals surface area contributed by atoms with Gasteiger partial charge in [0.05, 0.1) is 9.85 Å². The number of hydrogen-bond donors (Lipinski definition) is 3. The number of nitro groups is 2. The van der Waals surface area contributed by atoms with E-state index in [1.54, 1.807) is 24.3 Å². The first-order valence-corrected chi connectivity index (χ1v) is 12.5. The number of amides is 3. The van der Waals surface area contributed by atoms with Crippen molar-refractivity contribution in [2.75, 3.05) is 0 Å². The molecule has 0 bridgehead atoms. The van der Waals surface area contributed by atoms with E-state index in [0.717, 1.165) is 0 Å². The molecule has 1 aliphatic carbocycles. The Kier molecular flexibility index (Phi) is 8.95. The highest BCUT2D eigenvalue weighted by atomic mass is 16.6. The number of nitro benzene ring substituents is 2. The van der Waals surface area contributed by atoms with Crippen LogP contribution in [0.2, 0.25) is 0 Å². The highest BCUT2D eigenvalue weighted by Gasteiger charge is 2.16. The van der Waals surface area contributed by atoms with E-state index in [2.05, 4.69) is 16.0 Å². The van der Waals surface area contributed by atoms with Crippen molar-refractivity contribution < 1.29 is 24.2 Å². The molecule has 0 saturated heterocycles. The summed E-state index contributed by atoms with van der Waals surface area (Å²) in [6.07, 6.45) is 5.89. The maximum absolute atomic E-state index is 13.0. The van der Waals surface area contributed by atoms with Gasteiger partial charge >= 0.3 is 0 Å². The fourth-order valence-corrected chi connectivity index (χ4v) is 4.01. The second-order valence-electron chi connectivity index (χ2n) is 9.14. The van der Waals surface area contributed by atoms with Gasteiger partial charge in [0.15, 0.2) is 0 Å². The maximum Gasteiger partial charge on any atom is 0.269 e.